The van der Waals surface area contributed by atoms with Crippen LogP contribution in [0.3, 0.4) is 0 Å². The van der Waals surface area contributed by atoms with Gasteiger partial charge >= 0.3 is 5.97 Å². The van der Waals surface area contributed by atoms with E-state index >= 15 is 0 Å². The molecule has 1 aromatic heterocycles. The number of halogens is 3. The summed E-state index contributed by atoms with van der Waals surface area (Å²) in [5.41, 5.74) is 7.01. The number of pyridine rings is 1. The normalized spacial score (nSPS) is 10.5. The molecule has 110 valence electrons. The van der Waals surface area contributed by atoms with Crippen molar-refractivity contribution in [2.75, 3.05) is 12.3 Å². The van der Waals surface area contributed by atoms with Crippen LogP contribution in [0.25, 0.3) is 11.3 Å². The predicted octanol–water partition coefficient (Wildman–Crippen LogP) is 4.47. The average Bonchev–Trinajstić information content (AvgIpc) is 2.42. The molecule has 0 fully saturated rings. The molecule has 0 saturated heterocycles. The minimum Gasteiger partial charge on any atom is -0.461 e. The van der Waals surface area contributed by atoms with Gasteiger partial charge in [0.15, 0.2) is 5.69 Å². The van der Waals surface area contributed by atoms with Gasteiger partial charge in [0.05, 0.1) is 28.0 Å². The van der Waals surface area contributed by atoms with Gasteiger partial charge in [-0.2, -0.15) is 0 Å². The first-order valence-corrected chi connectivity index (χ1v) is 7.16. The van der Waals surface area contributed by atoms with Crippen LogP contribution in [0.1, 0.15) is 17.4 Å². The molecular weight excluding hydrogens is 335 g/mol. The standard InChI is InChI=1S/C14H11Cl3N2O2/c1-2-21-14(20)13-12(17)10(18)6-11(19-13)8-4-3-7(15)5-9(8)16/h3-6H,2H2,1H3,(H2,18,19). The van der Waals surface area contributed by atoms with Gasteiger partial charge in [-0.25, -0.2) is 9.78 Å². The molecule has 4 nitrogen and oxygen atoms in total. The van der Waals surface area contributed by atoms with Crippen molar-refractivity contribution in [2.45, 2.75) is 6.92 Å². The summed E-state index contributed by atoms with van der Waals surface area (Å²) in [6.07, 6.45) is 0. The molecule has 0 bridgehead atoms. The molecule has 7 heteroatoms. The van der Waals surface area contributed by atoms with Gasteiger partial charge < -0.3 is 10.5 Å². The van der Waals surface area contributed by atoms with Gasteiger partial charge in [0, 0.05) is 10.6 Å². The first kappa shape index (κ1) is 15.9. The summed E-state index contributed by atoms with van der Waals surface area (Å²) < 4.78 is 4.91. The number of nitrogens with zero attached hydrogens (tertiary/aromatic N) is 1. The van der Waals surface area contributed by atoms with Gasteiger partial charge in [0.1, 0.15) is 0 Å². The molecule has 2 rings (SSSR count). The average molecular weight is 346 g/mol. The highest BCUT2D eigenvalue weighted by Gasteiger charge is 2.19. The summed E-state index contributed by atoms with van der Waals surface area (Å²) in [4.78, 5) is 16.1. The van der Waals surface area contributed by atoms with Crippen LogP contribution in [0.5, 0.6) is 0 Å². The Bertz CT molecular complexity index is 705. The molecule has 1 heterocycles. The molecule has 0 amide bonds. The van der Waals surface area contributed by atoms with E-state index in [2.05, 4.69) is 4.98 Å². The van der Waals surface area contributed by atoms with E-state index in [0.717, 1.165) is 0 Å². The highest BCUT2D eigenvalue weighted by atomic mass is 35.5. The van der Waals surface area contributed by atoms with E-state index in [1.807, 2.05) is 0 Å². The van der Waals surface area contributed by atoms with Crippen molar-refractivity contribution in [3.8, 4) is 11.3 Å². The molecule has 0 atom stereocenters. The summed E-state index contributed by atoms with van der Waals surface area (Å²) in [5, 5.41) is 0.949. The smallest absolute Gasteiger partial charge is 0.358 e. The van der Waals surface area contributed by atoms with Gasteiger partial charge in [-0.3, -0.25) is 0 Å². The maximum Gasteiger partial charge on any atom is 0.358 e. The number of aromatic nitrogens is 1. The maximum absolute atomic E-state index is 11.9. The van der Waals surface area contributed by atoms with Crippen LogP contribution >= 0.6 is 34.8 Å². The molecule has 0 saturated carbocycles. The zero-order valence-electron chi connectivity index (χ0n) is 11.0. The van der Waals surface area contributed by atoms with E-state index in [-0.39, 0.29) is 23.0 Å². The lowest BCUT2D eigenvalue weighted by Gasteiger charge is -2.10. The van der Waals surface area contributed by atoms with Crippen molar-refractivity contribution in [1.29, 1.82) is 0 Å². The fourth-order valence-corrected chi connectivity index (χ4v) is 2.40. The third kappa shape index (κ3) is 3.40. The van der Waals surface area contributed by atoms with E-state index < -0.39 is 5.97 Å². The minimum absolute atomic E-state index is 0.0421. The molecule has 0 radical (unpaired) electrons. The van der Waals surface area contributed by atoms with Gasteiger partial charge in [0.2, 0.25) is 0 Å². The number of carbonyl (C=O) groups is 1. The number of anilines is 1. The minimum atomic E-state index is -0.638. The largest absolute Gasteiger partial charge is 0.461 e. The number of benzene rings is 1. The van der Waals surface area contributed by atoms with Crippen molar-refractivity contribution in [3.05, 3.63) is 45.0 Å². The lowest BCUT2D eigenvalue weighted by atomic mass is 10.1. The number of hydrogen-bond acceptors (Lipinski definition) is 4. The highest BCUT2D eigenvalue weighted by molar-refractivity contribution is 6.37. The highest BCUT2D eigenvalue weighted by Crippen LogP contribution is 2.33. The molecule has 0 spiro atoms. The number of ether oxygens (including phenoxy) is 1. The van der Waals surface area contributed by atoms with Crippen LogP contribution in [-0.4, -0.2) is 17.6 Å². The lowest BCUT2D eigenvalue weighted by Crippen LogP contribution is -2.10. The Balaban J connectivity index is 2.57. The molecule has 2 N–H and O–H groups in total. The third-order valence-electron chi connectivity index (χ3n) is 2.66. The maximum atomic E-state index is 11.9. The Morgan fingerprint density at radius 2 is 2.00 bits per heavy atom. The fourth-order valence-electron chi connectivity index (χ4n) is 1.72. The van der Waals surface area contributed by atoms with E-state index in [9.17, 15) is 4.79 Å². The molecular formula is C14H11Cl3N2O2. The quantitative estimate of drug-likeness (QED) is 0.834. The second-order valence-corrected chi connectivity index (χ2v) is 5.33. The predicted molar refractivity (Wildman–Crippen MR) is 85.1 cm³/mol. The number of carbonyl (C=O) groups excluding carboxylic acids is 1. The number of nitrogens with two attached hydrogens (primary N) is 1. The Kier molecular flexibility index (Phi) is 4.93. The molecule has 2 aromatic rings. The van der Waals surface area contributed by atoms with Crippen molar-refractivity contribution < 1.29 is 9.53 Å². The topological polar surface area (TPSA) is 65.2 Å². The van der Waals surface area contributed by atoms with Crippen molar-refractivity contribution in [2.24, 2.45) is 0 Å². The van der Waals surface area contributed by atoms with Gasteiger partial charge in [-0.05, 0) is 31.2 Å². The molecule has 1 aromatic carbocycles. The van der Waals surface area contributed by atoms with Crippen LogP contribution < -0.4 is 5.73 Å². The summed E-state index contributed by atoms with van der Waals surface area (Å²) in [7, 11) is 0. The van der Waals surface area contributed by atoms with Crippen LogP contribution in [0, 0.1) is 0 Å². The first-order valence-electron chi connectivity index (χ1n) is 6.02. The van der Waals surface area contributed by atoms with Crippen molar-refractivity contribution >= 4 is 46.5 Å². The summed E-state index contributed by atoms with van der Waals surface area (Å²) in [6, 6.07) is 6.48. The zero-order chi connectivity index (χ0) is 15.6. The van der Waals surface area contributed by atoms with Crippen LogP contribution in [-0.2, 0) is 4.74 Å². The zero-order valence-corrected chi connectivity index (χ0v) is 13.3. The molecule has 21 heavy (non-hydrogen) atoms. The summed E-state index contributed by atoms with van der Waals surface area (Å²) in [6.45, 7) is 1.90. The van der Waals surface area contributed by atoms with E-state index in [0.29, 0.717) is 21.3 Å². The van der Waals surface area contributed by atoms with Crippen molar-refractivity contribution in [3.63, 3.8) is 0 Å². The van der Waals surface area contributed by atoms with E-state index in [1.165, 1.54) is 0 Å². The molecule has 0 unspecified atom stereocenters. The molecule has 0 aliphatic carbocycles. The third-order valence-corrected chi connectivity index (χ3v) is 3.61. The number of nitrogen functional groups attached to an aromatic ring is 1. The Labute approximate surface area is 136 Å². The lowest BCUT2D eigenvalue weighted by molar-refractivity contribution is 0.0520. The van der Waals surface area contributed by atoms with E-state index in [4.69, 9.17) is 45.3 Å². The Hall–Kier alpha value is -1.49. The number of esters is 1. The SMILES string of the molecule is CCOC(=O)c1nc(-c2ccc(Cl)cc2Cl)cc(N)c1Cl. The first-order chi connectivity index (χ1) is 9.93. The number of rotatable bonds is 3. The number of hydrogen-bond donors (Lipinski definition) is 1. The fraction of sp³-hybridized carbons (Fsp3) is 0.143. The monoisotopic (exact) mass is 344 g/mol. The Morgan fingerprint density at radius 1 is 1.29 bits per heavy atom. The van der Waals surface area contributed by atoms with E-state index in [1.54, 1.807) is 31.2 Å². The van der Waals surface area contributed by atoms with Crippen molar-refractivity contribution in [1.82, 2.24) is 4.98 Å². The molecule has 0 aliphatic heterocycles. The Morgan fingerprint density at radius 3 is 2.62 bits per heavy atom. The van der Waals surface area contributed by atoms with Crippen LogP contribution in [0.2, 0.25) is 15.1 Å². The van der Waals surface area contributed by atoms with Crippen LogP contribution in [0.15, 0.2) is 24.3 Å². The van der Waals surface area contributed by atoms with Crippen LogP contribution in [0.4, 0.5) is 5.69 Å². The van der Waals surface area contributed by atoms with Gasteiger partial charge in [0.25, 0.3) is 0 Å². The van der Waals surface area contributed by atoms with Gasteiger partial charge in [-0.15, -0.1) is 0 Å². The van der Waals surface area contributed by atoms with Gasteiger partial charge in [-0.1, -0.05) is 34.8 Å². The summed E-state index contributed by atoms with van der Waals surface area (Å²) in [5.74, 6) is -0.638. The second-order valence-electron chi connectivity index (χ2n) is 4.10. The second kappa shape index (κ2) is 6.52. The molecule has 0 aliphatic rings. The summed E-state index contributed by atoms with van der Waals surface area (Å²) >= 11 is 18.0.